The van der Waals surface area contributed by atoms with E-state index in [1.54, 1.807) is 6.07 Å². The largest absolute Gasteiger partial charge is 0.378 e. The number of carbonyl (C=O) groups is 1. The van der Waals surface area contributed by atoms with Gasteiger partial charge in [-0.05, 0) is 30.4 Å². The van der Waals surface area contributed by atoms with Gasteiger partial charge in [0.05, 0.1) is 10.7 Å². The van der Waals surface area contributed by atoms with Crippen LogP contribution in [0.25, 0.3) is 0 Å². The van der Waals surface area contributed by atoms with Gasteiger partial charge >= 0.3 is 0 Å². The van der Waals surface area contributed by atoms with Crippen molar-refractivity contribution in [3.8, 4) is 0 Å². The molecular formula is C15H19ClN2O2. The Labute approximate surface area is 123 Å². The fraction of sp³-hybridized carbons (Fsp3) is 0.533. The molecule has 4 nitrogen and oxygen atoms in total. The number of nitrogens with one attached hydrogen (secondary N) is 1. The van der Waals surface area contributed by atoms with Crippen LogP contribution in [-0.4, -0.2) is 24.1 Å². The fourth-order valence-electron chi connectivity index (χ4n) is 2.98. The van der Waals surface area contributed by atoms with Gasteiger partial charge in [-0.1, -0.05) is 25.4 Å². The Balaban J connectivity index is 1.92. The van der Waals surface area contributed by atoms with Crippen molar-refractivity contribution in [2.75, 3.05) is 23.3 Å². The van der Waals surface area contributed by atoms with Crippen LogP contribution in [0.1, 0.15) is 31.9 Å². The average molecular weight is 295 g/mol. The van der Waals surface area contributed by atoms with Gasteiger partial charge in [-0.2, -0.15) is 0 Å². The van der Waals surface area contributed by atoms with Crippen LogP contribution in [0.3, 0.4) is 0 Å². The molecule has 0 spiro atoms. The second-order valence-corrected chi connectivity index (χ2v) is 6.38. The highest BCUT2D eigenvalue weighted by atomic mass is 35.5. The molecule has 1 saturated heterocycles. The lowest BCUT2D eigenvalue weighted by Gasteiger charge is -2.37. The summed E-state index contributed by atoms with van der Waals surface area (Å²) in [4.78, 5) is 13.8. The van der Waals surface area contributed by atoms with Crippen molar-refractivity contribution < 1.29 is 9.90 Å². The molecule has 0 saturated carbocycles. The van der Waals surface area contributed by atoms with E-state index in [2.05, 4.69) is 24.1 Å². The number of aliphatic hydroxyl groups excluding tert-OH is 1. The molecule has 2 heterocycles. The highest BCUT2D eigenvalue weighted by molar-refractivity contribution is 6.33. The highest BCUT2D eigenvalue weighted by Gasteiger charge is 2.31. The van der Waals surface area contributed by atoms with E-state index in [1.165, 1.54) is 0 Å². The average Bonchev–Trinajstić information content (AvgIpc) is 2.68. The summed E-state index contributed by atoms with van der Waals surface area (Å²) in [6.45, 7) is 6.48. The van der Waals surface area contributed by atoms with Crippen molar-refractivity contribution in [1.82, 2.24) is 0 Å². The molecule has 0 bridgehead atoms. The molecule has 2 N–H and O–H groups in total. The van der Waals surface area contributed by atoms with Gasteiger partial charge in [0, 0.05) is 24.3 Å². The number of carbonyl (C=O) groups excluding carboxylic acids is 1. The second-order valence-electron chi connectivity index (χ2n) is 5.97. The van der Waals surface area contributed by atoms with Crippen LogP contribution in [0.4, 0.5) is 11.4 Å². The number of piperidine rings is 1. The SMILES string of the molecule is CC1CCN(c2cc3c(cc2Cl)C(O)C(=O)N3)CC1C. The number of nitrogens with zero attached hydrogens (tertiary/aromatic N) is 1. The number of hydrogen-bond donors (Lipinski definition) is 2. The number of aliphatic hydroxyl groups is 1. The minimum Gasteiger partial charge on any atom is -0.378 e. The molecule has 108 valence electrons. The Morgan fingerprint density at radius 1 is 1.35 bits per heavy atom. The molecule has 0 aromatic heterocycles. The first-order chi connectivity index (χ1) is 9.47. The molecule has 3 atom stereocenters. The number of benzene rings is 1. The molecule has 2 aliphatic rings. The van der Waals surface area contributed by atoms with Crippen LogP contribution in [0.5, 0.6) is 0 Å². The lowest BCUT2D eigenvalue weighted by molar-refractivity contribution is -0.123. The Morgan fingerprint density at radius 3 is 2.80 bits per heavy atom. The third-order valence-corrected chi connectivity index (χ3v) is 4.90. The highest BCUT2D eigenvalue weighted by Crippen LogP contribution is 2.40. The maximum Gasteiger partial charge on any atom is 0.257 e. The van der Waals surface area contributed by atoms with Crippen molar-refractivity contribution in [1.29, 1.82) is 0 Å². The van der Waals surface area contributed by atoms with Crippen LogP contribution in [0.15, 0.2) is 12.1 Å². The Hall–Kier alpha value is -1.26. The third kappa shape index (κ3) is 2.17. The lowest BCUT2D eigenvalue weighted by atomic mass is 9.88. The molecule has 3 unspecified atom stereocenters. The van der Waals surface area contributed by atoms with Gasteiger partial charge in [0.1, 0.15) is 0 Å². The Kier molecular flexibility index (Phi) is 3.38. The van der Waals surface area contributed by atoms with Crippen LogP contribution >= 0.6 is 11.6 Å². The van der Waals surface area contributed by atoms with E-state index in [0.717, 1.165) is 31.1 Å². The molecule has 1 aromatic rings. The first-order valence-electron chi connectivity index (χ1n) is 7.04. The minimum absolute atomic E-state index is 0.381. The topological polar surface area (TPSA) is 52.6 Å². The van der Waals surface area contributed by atoms with Gasteiger partial charge in [0.2, 0.25) is 0 Å². The first kappa shape index (κ1) is 13.7. The Morgan fingerprint density at radius 2 is 2.10 bits per heavy atom. The minimum atomic E-state index is -1.10. The van der Waals surface area contributed by atoms with E-state index in [4.69, 9.17) is 11.6 Å². The summed E-state index contributed by atoms with van der Waals surface area (Å²) < 4.78 is 0. The summed E-state index contributed by atoms with van der Waals surface area (Å²) in [5, 5.41) is 13.1. The van der Waals surface area contributed by atoms with Crippen LogP contribution in [-0.2, 0) is 4.79 Å². The summed E-state index contributed by atoms with van der Waals surface area (Å²) in [7, 11) is 0. The number of hydrogen-bond acceptors (Lipinski definition) is 3. The zero-order valence-electron chi connectivity index (χ0n) is 11.7. The summed E-state index contributed by atoms with van der Waals surface area (Å²) in [5.41, 5.74) is 2.19. The molecule has 1 fully saturated rings. The van der Waals surface area contributed by atoms with Crippen LogP contribution in [0.2, 0.25) is 5.02 Å². The molecule has 0 radical (unpaired) electrons. The maximum atomic E-state index is 11.5. The molecule has 3 rings (SSSR count). The zero-order valence-corrected chi connectivity index (χ0v) is 12.4. The molecule has 1 aromatic carbocycles. The van der Waals surface area contributed by atoms with Gasteiger partial charge in [-0.15, -0.1) is 0 Å². The van der Waals surface area contributed by atoms with Gasteiger partial charge in [0.15, 0.2) is 6.10 Å². The van der Waals surface area contributed by atoms with E-state index in [0.29, 0.717) is 22.2 Å². The van der Waals surface area contributed by atoms with E-state index < -0.39 is 6.10 Å². The van der Waals surface area contributed by atoms with Crippen LogP contribution in [0, 0.1) is 11.8 Å². The van der Waals surface area contributed by atoms with Crippen molar-refractivity contribution >= 4 is 28.9 Å². The molecular weight excluding hydrogens is 276 g/mol. The second kappa shape index (κ2) is 4.93. The summed E-state index contributed by atoms with van der Waals surface area (Å²) in [6, 6.07) is 3.59. The maximum absolute atomic E-state index is 11.5. The first-order valence-corrected chi connectivity index (χ1v) is 7.42. The number of fused-ring (bicyclic) bond motifs is 1. The lowest BCUT2D eigenvalue weighted by Crippen LogP contribution is -2.38. The number of rotatable bonds is 1. The van der Waals surface area contributed by atoms with Crippen molar-refractivity contribution in [3.05, 3.63) is 22.7 Å². The molecule has 20 heavy (non-hydrogen) atoms. The predicted octanol–water partition coefficient (Wildman–Crippen LogP) is 2.81. The molecule has 0 aliphatic carbocycles. The molecule has 1 amide bonds. The van der Waals surface area contributed by atoms with Gasteiger partial charge in [0.25, 0.3) is 5.91 Å². The van der Waals surface area contributed by atoms with E-state index in [1.807, 2.05) is 6.07 Å². The normalized spacial score (nSPS) is 29.3. The number of halogens is 1. The van der Waals surface area contributed by atoms with Crippen molar-refractivity contribution in [2.45, 2.75) is 26.4 Å². The zero-order chi connectivity index (χ0) is 14.4. The van der Waals surface area contributed by atoms with E-state index in [9.17, 15) is 9.90 Å². The monoisotopic (exact) mass is 294 g/mol. The predicted molar refractivity (Wildman–Crippen MR) is 80.2 cm³/mol. The van der Waals surface area contributed by atoms with Gasteiger partial charge < -0.3 is 15.3 Å². The number of anilines is 2. The van der Waals surface area contributed by atoms with Gasteiger partial charge in [-0.3, -0.25) is 4.79 Å². The number of amides is 1. The third-order valence-electron chi connectivity index (χ3n) is 4.59. The van der Waals surface area contributed by atoms with Gasteiger partial charge in [-0.25, -0.2) is 0 Å². The van der Waals surface area contributed by atoms with E-state index in [-0.39, 0.29) is 5.91 Å². The quantitative estimate of drug-likeness (QED) is 0.837. The molecule has 5 heteroatoms. The summed E-state index contributed by atoms with van der Waals surface area (Å²) >= 11 is 6.35. The summed E-state index contributed by atoms with van der Waals surface area (Å²) in [6.07, 6.45) is 0.0423. The van der Waals surface area contributed by atoms with Crippen molar-refractivity contribution in [3.63, 3.8) is 0 Å². The summed E-state index contributed by atoms with van der Waals surface area (Å²) in [5.74, 6) is 0.961. The van der Waals surface area contributed by atoms with Crippen molar-refractivity contribution in [2.24, 2.45) is 11.8 Å². The molecule has 2 aliphatic heterocycles. The standard InChI is InChI=1S/C15H19ClN2O2/c1-8-3-4-18(7-9(8)2)13-6-12-10(5-11(13)16)14(19)15(20)17-12/h5-6,8-9,14,19H,3-4,7H2,1-2H3,(H,17,20). The Bertz CT molecular complexity index is 561. The fourth-order valence-corrected chi connectivity index (χ4v) is 3.27. The smallest absolute Gasteiger partial charge is 0.257 e. The van der Waals surface area contributed by atoms with E-state index >= 15 is 0 Å². The van der Waals surface area contributed by atoms with Crippen LogP contribution < -0.4 is 10.2 Å².